The molecule has 0 unspecified atom stereocenters. The second-order valence-corrected chi connectivity index (χ2v) is 7.70. The predicted octanol–water partition coefficient (Wildman–Crippen LogP) is 4.26. The largest absolute Gasteiger partial charge is 0.466 e. The quantitative estimate of drug-likeness (QED) is 0.505. The molecule has 8 heteroatoms. The van der Waals surface area contributed by atoms with Crippen LogP contribution in [0.3, 0.4) is 0 Å². The summed E-state index contributed by atoms with van der Waals surface area (Å²) >= 11 is 0. The van der Waals surface area contributed by atoms with Crippen molar-refractivity contribution in [3.8, 4) is 11.3 Å². The van der Waals surface area contributed by atoms with Gasteiger partial charge in [0, 0.05) is 18.7 Å². The molecule has 154 valence electrons. The fraction of sp³-hybridized carbons (Fsp3) is 0.318. The average Bonchev–Trinajstić information content (AvgIpc) is 3.29. The maximum absolute atomic E-state index is 13.5. The molecule has 0 aliphatic heterocycles. The fourth-order valence-corrected chi connectivity index (χ4v) is 3.45. The molecule has 4 rings (SSSR count). The summed E-state index contributed by atoms with van der Waals surface area (Å²) in [4.78, 5) is 19.8. The van der Waals surface area contributed by atoms with Crippen LogP contribution >= 0.6 is 0 Å². The van der Waals surface area contributed by atoms with Gasteiger partial charge in [-0.1, -0.05) is 0 Å². The Labute approximate surface area is 174 Å². The number of carbonyl (C=O) groups is 1. The van der Waals surface area contributed by atoms with Gasteiger partial charge >= 0.3 is 0 Å². The molecule has 0 N–H and O–H groups in total. The van der Waals surface area contributed by atoms with E-state index in [0.29, 0.717) is 28.1 Å². The number of nitrogens with zero attached hydrogens (tertiary/aromatic N) is 6. The Morgan fingerprint density at radius 2 is 1.90 bits per heavy atom. The second-order valence-electron chi connectivity index (χ2n) is 7.70. The van der Waals surface area contributed by atoms with Crippen molar-refractivity contribution in [1.82, 2.24) is 25.0 Å². The van der Waals surface area contributed by atoms with E-state index < -0.39 is 0 Å². The number of hydrogen-bond acceptors (Lipinski definition) is 6. The number of amides is 1. The van der Waals surface area contributed by atoms with Gasteiger partial charge in [-0.15, -0.1) is 5.10 Å². The van der Waals surface area contributed by atoms with Crippen LogP contribution in [0.5, 0.6) is 0 Å². The molecule has 0 radical (unpaired) electrons. The van der Waals surface area contributed by atoms with Crippen LogP contribution in [-0.2, 0) is 0 Å². The van der Waals surface area contributed by atoms with Crippen LogP contribution in [0.15, 0.2) is 34.9 Å². The van der Waals surface area contributed by atoms with Crippen molar-refractivity contribution >= 4 is 22.8 Å². The van der Waals surface area contributed by atoms with Crippen molar-refractivity contribution in [3.05, 3.63) is 53.2 Å². The molecule has 0 saturated heterocycles. The molecule has 0 aromatic carbocycles. The number of carbonyl (C=O) groups excluding carboxylic acids is 1. The Bertz CT molecular complexity index is 1240. The SMILES string of the molecule is Cc1ccc(N(C)C(=O)c2cc(-c3cc(C)oc3C)nc3c2cnn3C(C)C)nn1. The van der Waals surface area contributed by atoms with Crippen molar-refractivity contribution < 1.29 is 9.21 Å². The highest BCUT2D eigenvalue weighted by molar-refractivity contribution is 6.13. The standard InChI is InChI=1S/C22H24N6O2/c1-12(2)28-21-18(11-23-28)17(10-19(24-21)16-9-14(4)30-15(16)5)22(29)27(6)20-8-7-13(3)25-26-20/h7-12H,1-6H3. The van der Waals surface area contributed by atoms with Crippen LogP contribution in [0.2, 0.25) is 0 Å². The van der Waals surface area contributed by atoms with E-state index in [9.17, 15) is 4.79 Å². The van der Waals surface area contributed by atoms with Gasteiger partial charge in [0.25, 0.3) is 5.91 Å². The Balaban J connectivity index is 1.90. The minimum atomic E-state index is -0.206. The molecule has 8 nitrogen and oxygen atoms in total. The molecule has 0 spiro atoms. The maximum atomic E-state index is 13.5. The van der Waals surface area contributed by atoms with Gasteiger partial charge in [-0.2, -0.15) is 10.2 Å². The lowest BCUT2D eigenvalue weighted by atomic mass is 10.1. The van der Waals surface area contributed by atoms with Gasteiger partial charge in [-0.25, -0.2) is 9.67 Å². The molecule has 0 saturated carbocycles. The smallest absolute Gasteiger partial charge is 0.260 e. The third kappa shape index (κ3) is 3.34. The molecule has 4 heterocycles. The summed E-state index contributed by atoms with van der Waals surface area (Å²) in [7, 11) is 1.69. The van der Waals surface area contributed by atoms with Gasteiger partial charge < -0.3 is 4.42 Å². The first-order chi connectivity index (χ1) is 14.3. The zero-order chi connectivity index (χ0) is 21.6. The third-order valence-corrected chi connectivity index (χ3v) is 5.04. The van der Waals surface area contributed by atoms with E-state index in [2.05, 4.69) is 15.3 Å². The maximum Gasteiger partial charge on any atom is 0.260 e. The molecule has 4 aromatic heterocycles. The molecule has 0 aliphatic carbocycles. The van der Waals surface area contributed by atoms with E-state index in [-0.39, 0.29) is 11.9 Å². The van der Waals surface area contributed by atoms with E-state index in [1.54, 1.807) is 25.4 Å². The van der Waals surface area contributed by atoms with Crippen LogP contribution in [0.4, 0.5) is 5.82 Å². The van der Waals surface area contributed by atoms with Gasteiger partial charge in [-0.3, -0.25) is 9.69 Å². The van der Waals surface area contributed by atoms with Crippen LogP contribution in [0.25, 0.3) is 22.3 Å². The van der Waals surface area contributed by atoms with Crippen LogP contribution in [0.1, 0.15) is 47.5 Å². The lowest BCUT2D eigenvalue weighted by molar-refractivity contribution is 0.0993. The van der Waals surface area contributed by atoms with E-state index in [1.807, 2.05) is 51.4 Å². The summed E-state index contributed by atoms with van der Waals surface area (Å²) in [5, 5.41) is 13.4. The van der Waals surface area contributed by atoms with Crippen LogP contribution < -0.4 is 4.90 Å². The molecular formula is C22H24N6O2. The Kier molecular flexibility index (Phi) is 4.85. The highest BCUT2D eigenvalue weighted by atomic mass is 16.3. The summed E-state index contributed by atoms with van der Waals surface area (Å²) in [5.41, 5.74) is 3.48. The van der Waals surface area contributed by atoms with E-state index in [4.69, 9.17) is 9.40 Å². The highest BCUT2D eigenvalue weighted by Gasteiger charge is 2.23. The first-order valence-corrected chi connectivity index (χ1v) is 9.80. The monoisotopic (exact) mass is 404 g/mol. The van der Waals surface area contributed by atoms with Gasteiger partial charge in [0.2, 0.25) is 0 Å². The molecule has 4 aromatic rings. The number of hydrogen-bond donors (Lipinski definition) is 0. The highest BCUT2D eigenvalue weighted by Crippen LogP contribution is 2.30. The summed E-state index contributed by atoms with van der Waals surface area (Å²) in [6.07, 6.45) is 1.70. The zero-order valence-corrected chi connectivity index (χ0v) is 18.0. The molecule has 0 fully saturated rings. The van der Waals surface area contributed by atoms with Gasteiger partial charge in [0.15, 0.2) is 11.5 Å². The van der Waals surface area contributed by atoms with Crippen molar-refractivity contribution in [1.29, 1.82) is 0 Å². The zero-order valence-electron chi connectivity index (χ0n) is 18.0. The molecule has 0 aliphatic rings. The summed E-state index contributed by atoms with van der Waals surface area (Å²) in [6, 6.07) is 7.44. The second kappa shape index (κ2) is 7.37. The van der Waals surface area contributed by atoms with E-state index in [1.165, 1.54) is 4.90 Å². The summed E-state index contributed by atoms with van der Waals surface area (Å²) < 4.78 is 7.52. The number of rotatable bonds is 4. The Hall–Kier alpha value is -3.55. The lowest BCUT2D eigenvalue weighted by Gasteiger charge is -2.17. The van der Waals surface area contributed by atoms with Crippen molar-refractivity contribution in [2.45, 2.75) is 40.7 Å². The molecule has 1 amide bonds. The topological polar surface area (TPSA) is 89.9 Å². The number of furan rings is 1. The van der Waals surface area contributed by atoms with Gasteiger partial charge in [0.1, 0.15) is 11.5 Å². The normalized spacial score (nSPS) is 11.4. The van der Waals surface area contributed by atoms with Crippen molar-refractivity contribution in [3.63, 3.8) is 0 Å². The number of aryl methyl sites for hydroxylation is 3. The minimum absolute atomic E-state index is 0.0982. The number of anilines is 1. The first kappa shape index (κ1) is 19.8. The fourth-order valence-electron chi connectivity index (χ4n) is 3.45. The minimum Gasteiger partial charge on any atom is -0.466 e. The van der Waals surface area contributed by atoms with Gasteiger partial charge in [-0.05, 0) is 58.9 Å². The lowest BCUT2D eigenvalue weighted by Crippen LogP contribution is -2.27. The van der Waals surface area contributed by atoms with Gasteiger partial charge in [0.05, 0.1) is 28.5 Å². The summed E-state index contributed by atoms with van der Waals surface area (Å²) in [5.74, 6) is 1.82. The van der Waals surface area contributed by atoms with Crippen molar-refractivity contribution in [2.24, 2.45) is 0 Å². The number of pyridine rings is 1. The number of fused-ring (bicyclic) bond motifs is 1. The Morgan fingerprint density at radius 3 is 2.50 bits per heavy atom. The van der Waals surface area contributed by atoms with E-state index in [0.717, 1.165) is 22.8 Å². The van der Waals surface area contributed by atoms with Crippen molar-refractivity contribution in [2.75, 3.05) is 11.9 Å². The molecule has 0 atom stereocenters. The van der Waals surface area contributed by atoms with E-state index >= 15 is 0 Å². The third-order valence-electron chi connectivity index (χ3n) is 5.04. The predicted molar refractivity (Wildman–Crippen MR) is 115 cm³/mol. The molecule has 0 bridgehead atoms. The first-order valence-electron chi connectivity index (χ1n) is 9.80. The van der Waals surface area contributed by atoms with Crippen LogP contribution in [-0.4, -0.2) is 37.9 Å². The summed E-state index contributed by atoms with van der Waals surface area (Å²) in [6.45, 7) is 9.70. The Morgan fingerprint density at radius 1 is 1.13 bits per heavy atom. The molecular weight excluding hydrogens is 380 g/mol. The number of aromatic nitrogens is 5. The van der Waals surface area contributed by atoms with Crippen LogP contribution in [0, 0.1) is 20.8 Å². The molecule has 30 heavy (non-hydrogen) atoms. The average molecular weight is 404 g/mol.